The van der Waals surface area contributed by atoms with Crippen molar-refractivity contribution in [2.75, 3.05) is 24.6 Å². The van der Waals surface area contributed by atoms with Crippen LogP contribution in [-0.2, 0) is 20.4 Å². The molecule has 0 unspecified atom stereocenters. The van der Waals surface area contributed by atoms with Gasteiger partial charge >= 0.3 is 0 Å². The summed E-state index contributed by atoms with van der Waals surface area (Å²) in [5.74, 6) is 2.13. The molecule has 0 spiro atoms. The maximum Gasteiger partial charge on any atom is 0.225 e. The number of phenols is 2. The maximum atomic E-state index is 12.9. The van der Waals surface area contributed by atoms with Gasteiger partial charge in [0, 0.05) is 35.4 Å². The van der Waals surface area contributed by atoms with Gasteiger partial charge in [0.05, 0.1) is 0 Å². The third-order valence-corrected chi connectivity index (χ3v) is 9.73. The Hall–Kier alpha value is -2.32. The number of hydrogen-bond donors (Lipinski definition) is 4. The third kappa shape index (κ3) is 10.3. The summed E-state index contributed by atoms with van der Waals surface area (Å²) in [6.45, 7) is 17.6. The standard InChI is InChI=1S/C32H48N2O4S2/c1-29(2,23-9-13-25(35)14-10-23)21-31(5,6)27(37)33-17-19-39-40-20-18-34-28(38)32(7,8)22-30(3,4)24-11-15-26(36)16-12-24/h9-16,35-36H,17-22H2,1-8H3,(H,33,37)(H,34,38). The Balaban J connectivity index is 1.67. The Morgan fingerprint density at radius 1 is 0.600 bits per heavy atom. The molecule has 0 bridgehead atoms. The Labute approximate surface area is 248 Å². The molecule has 2 aromatic rings. The molecule has 4 N–H and O–H groups in total. The number of rotatable bonds is 15. The van der Waals surface area contributed by atoms with E-state index in [9.17, 15) is 19.8 Å². The first-order chi connectivity index (χ1) is 18.5. The predicted octanol–water partition coefficient (Wildman–Crippen LogP) is 6.80. The van der Waals surface area contributed by atoms with Gasteiger partial charge in [-0.1, -0.05) is 101 Å². The van der Waals surface area contributed by atoms with Crippen LogP contribution in [0.5, 0.6) is 11.5 Å². The second-order valence-corrected chi connectivity index (χ2v) is 15.8. The lowest BCUT2D eigenvalue weighted by Gasteiger charge is -2.34. The number of carbonyl (C=O) groups is 2. The number of amides is 2. The van der Waals surface area contributed by atoms with Gasteiger partial charge in [0.1, 0.15) is 11.5 Å². The fourth-order valence-corrected chi connectivity index (χ4v) is 7.22. The summed E-state index contributed by atoms with van der Waals surface area (Å²) in [7, 11) is 3.38. The van der Waals surface area contributed by atoms with Gasteiger partial charge in [-0.05, 0) is 59.1 Å². The van der Waals surface area contributed by atoms with Gasteiger partial charge in [-0.25, -0.2) is 0 Å². The molecular weight excluding hydrogens is 540 g/mol. The molecule has 0 saturated carbocycles. The minimum Gasteiger partial charge on any atom is -0.508 e. The molecule has 0 aliphatic heterocycles. The fraction of sp³-hybridized carbons (Fsp3) is 0.562. The first-order valence-electron chi connectivity index (χ1n) is 13.9. The van der Waals surface area contributed by atoms with Crippen LogP contribution in [-0.4, -0.2) is 46.6 Å². The molecule has 2 aromatic carbocycles. The Bertz CT molecular complexity index is 1020. The Kier molecular flexibility index (Phi) is 11.9. The van der Waals surface area contributed by atoms with Crippen molar-refractivity contribution >= 4 is 33.4 Å². The number of phenolic OH excluding ortho intramolecular Hbond substituents is 2. The zero-order chi connectivity index (χ0) is 30.2. The molecule has 8 heteroatoms. The van der Waals surface area contributed by atoms with Crippen LogP contribution >= 0.6 is 21.6 Å². The molecule has 6 nitrogen and oxygen atoms in total. The number of carbonyl (C=O) groups excluding carboxylic acids is 2. The second-order valence-electron chi connectivity index (χ2n) is 13.1. The van der Waals surface area contributed by atoms with Crippen LogP contribution in [0.25, 0.3) is 0 Å². The van der Waals surface area contributed by atoms with Gasteiger partial charge < -0.3 is 20.8 Å². The van der Waals surface area contributed by atoms with Crippen LogP contribution in [0.15, 0.2) is 48.5 Å². The van der Waals surface area contributed by atoms with Crippen LogP contribution in [0.2, 0.25) is 0 Å². The van der Waals surface area contributed by atoms with Gasteiger partial charge in [-0.15, -0.1) is 0 Å². The zero-order valence-corrected chi connectivity index (χ0v) is 27.0. The molecule has 0 aliphatic carbocycles. The molecule has 0 fully saturated rings. The van der Waals surface area contributed by atoms with Crippen molar-refractivity contribution in [1.82, 2.24) is 10.6 Å². The highest BCUT2D eigenvalue weighted by atomic mass is 33.1. The topological polar surface area (TPSA) is 98.7 Å². The zero-order valence-electron chi connectivity index (χ0n) is 25.4. The largest absolute Gasteiger partial charge is 0.508 e. The maximum absolute atomic E-state index is 12.9. The highest BCUT2D eigenvalue weighted by Gasteiger charge is 2.36. The van der Waals surface area contributed by atoms with E-state index in [0.29, 0.717) is 25.9 Å². The molecule has 0 radical (unpaired) electrons. The first-order valence-corrected chi connectivity index (χ1v) is 16.4. The van der Waals surface area contributed by atoms with E-state index in [4.69, 9.17) is 0 Å². The fourth-order valence-electron chi connectivity index (χ4n) is 5.41. The van der Waals surface area contributed by atoms with E-state index < -0.39 is 10.8 Å². The number of hydrogen-bond acceptors (Lipinski definition) is 6. The lowest BCUT2D eigenvalue weighted by atomic mass is 9.71. The van der Waals surface area contributed by atoms with Crippen molar-refractivity contribution in [3.63, 3.8) is 0 Å². The normalized spacial score (nSPS) is 12.7. The van der Waals surface area contributed by atoms with Gasteiger partial charge in [0.2, 0.25) is 11.8 Å². The second kappa shape index (κ2) is 14.0. The van der Waals surface area contributed by atoms with Crippen molar-refractivity contribution in [2.45, 2.75) is 79.1 Å². The van der Waals surface area contributed by atoms with Crippen LogP contribution in [0.4, 0.5) is 0 Å². The monoisotopic (exact) mass is 588 g/mol. The first kappa shape index (κ1) is 33.9. The summed E-state index contributed by atoms with van der Waals surface area (Å²) in [5.41, 5.74) is 0.698. The van der Waals surface area contributed by atoms with E-state index in [1.165, 1.54) is 0 Å². The van der Waals surface area contributed by atoms with Crippen molar-refractivity contribution in [2.24, 2.45) is 10.8 Å². The molecule has 0 atom stereocenters. The molecule has 222 valence electrons. The van der Waals surface area contributed by atoms with E-state index in [0.717, 1.165) is 22.6 Å². The summed E-state index contributed by atoms with van der Waals surface area (Å²) < 4.78 is 0. The van der Waals surface area contributed by atoms with Crippen molar-refractivity contribution in [3.8, 4) is 11.5 Å². The van der Waals surface area contributed by atoms with E-state index in [2.05, 4.69) is 38.3 Å². The third-order valence-electron chi connectivity index (χ3n) is 7.32. The highest BCUT2D eigenvalue weighted by Crippen LogP contribution is 2.38. The van der Waals surface area contributed by atoms with Crippen molar-refractivity contribution < 1.29 is 19.8 Å². The SMILES string of the molecule is CC(C)(CC(C)(C)c1ccc(O)cc1)C(=O)NCCSSCCNC(=O)C(C)(C)CC(C)(C)c1ccc(O)cc1. The molecule has 2 amide bonds. The Morgan fingerprint density at radius 3 is 1.20 bits per heavy atom. The van der Waals surface area contributed by atoms with Crippen LogP contribution in [0.3, 0.4) is 0 Å². The van der Waals surface area contributed by atoms with Crippen LogP contribution in [0, 0.1) is 10.8 Å². The molecule has 2 rings (SSSR count). The highest BCUT2D eigenvalue weighted by molar-refractivity contribution is 8.76. The van der Waals surface area contributed by atoms with Crippen LogP contribution < -0.4 is 10.6 Å². The summed E-state index contributed by atoms with van der Waals surface area (Å²) in [6.07, 6.45) is 1.36. The minimum absolute atomic E-state index is 0.0367. The van der Waals surface area contributed by atoms with Gasteiger partial charge in [-0.2, -0.15) is 0 Å². The lowest BCUT2D eigenvalue weighted by molar-refractivity contribution is -0.130. The van der Waals surface area contributed by atoms with E-state index in [1.54, 1.807) is 45.9 Å². The summed E-state index contributed by atoms with van der Waals surface area (Å²) in [4.78, 5) is 25.8. The predicted molar refractivity (Wildman–Crippen MR) is 170 cm³/mol. The summed E-state index contributed by atoms with van der Waals surface area (Å²) in [6, 6.07) is 14.4. The minimum atomic E-state index is -0.535. The van der Waals surface area contributed by atoms with E-state index in [1.807, 2.05) is 52.0 Å². The van der Waals surface area contributed by atoms with Crippen LogP contribution in [0.1, 0.15) is 79.4 Å². The average Bonchev–Trinajstić information content (AvgIpc) is 2.84. The molecule has 0 aliphatic rings. The smallest absolute Gasteiger partial charge is 0.225 e. The lowest BCUT2D eigenvalue weighted by Crippen LogP contribution is -2.41. The molecule has 40 heavy (non-hydrogen) atoms. The van der Waals surface area contributed by atoms with E-state index in [-0.39, 0.29) is 34.1 Å². The molecule has 0 aromatic heterocycles. The Morgan fingerprint density at radius 2 is 0.900 bits per heavy atom. The molecule has 0 heterocycles. The number of aromatic hydroxyl groups is 2. The summed E-state index contributed by atoms with van der Waals surface area (Å²) >= 11 is 0. The van der Waals surface area contributed by atoms with Crippen molar-refractivity contribution in [1.29, 1.82) is 0 Å². The quantitative estimate of drug-likeness (QED) is 0.135. The average molecular weight is 589 g/mol. The van der Waals surface area contributed by atoms with E-state index >= 15 is 0 Å². The van der Waals surface area contributed by atoms with Gasteiger partial charge in [-0.3, -0.25) is 9.59 Å². The number of benzene rings is 2. The molecule has 0 saturated heterocycles. The summed E-state index contributed by atoms with van der Waals surface area (Å²) in [5, 5.41) is 25.3. The number of nitrogens with one attached hydrogen (secondary N) is 2. The molecular formula is C32H48N2O4S2. The van der Waals surface area contributed by atoms with Crippen molar-refractivity contribution in [3.05, 3.63) is 59.7 Å². The van der Waals surface area contributed by atoms with Gasteiger partial charge in [0.25, 0.3) is 0 Å². The van der Waals surface area contributed by atoms with Gasteiger partial charge in [0.15, 0.2) is 0 Å².